The molecule has 0 aliphatic heterocycles. The lowest BCUT2D eigenvalue weighted by atomic mass is 9.88. The van der Waals surface area contributed by atoms with Crippen molar-refractivity contribution in [1.82, 2.24) is 0 Å². The van der Waals surface area contributed by atoms with Crippen LogP contribution in [-0.4, -0.2) is 10.9 Å². The predicted molar refractivity (Wildman–Crippen MR) is 70.8 cm³/mol. The van der Waals surface area contributed by atoms with E-state index in [2.05, 4.69) is 38.4 Å². The number of halogens is 1. The van der Waals surface area contributed by atoms with Crippen molar-refractivity contribution in [1.29, 1.82) is 0 Å². The van der Waals surface area contributed by atoms with Crippen LogP contribution in [0.4, 0.5) is 0 Å². The van der Waals surface area contributed by atoms with Gasteiger partial charge < -0.3 is 4.74 Å². The van der Waals surface area contributed by atoms with Crippen molar-refractivity contribution in [2.45, 2.75) is 12.7 Å². The Morgan fingerprint density at radius 2 is 2.08 bits per heavy atom. The second kappa shape index (κ2) is 5.87. The van der Waals surface area contributed by atoms with Crippen LogP contribution in [0.5, 0.6) is 5.75 Å². The molecule has 2 unspecified atom stereocenters. The van der Waals surface area contributed by atoms with Gasteiger partial charge in [-0.15, -0.1) is 22.4 Å². The van der Waals surface area contributed by atoms with E-state index < -0.39 is 0 Å². The predicted octanol–water partition coefficient (Wildman–Crippen LogP) is 3.25. The van der Waals surface area contributed by atoms with Gasteiger partial charge in [0.15, 0.2) is 0 Å². The zero-order valence-corrected chi connectivity index (χ0v) is 10.9. The van der Waals surface area contributed by atoms with Crippen molar-refractivity contribution >= 4 is 35.8 Å². The Kier molecular flexibility index (Phi) is 5.11. The van der Waals surface area contributed by atoms with Gasteiger partial charge in [0.2, 0.25) is 4.29 Å². The van der Waals surface area contributed by atoms with Crippen LogP contribution < -0.4 is 4.74 Å². The van der Waals surface area contributed by atoms with E-state index in [1.165, 1.54) is 0 Å². The summed E-state index contributed by atoms with van der Waals surface area (Å²) in [6, 6.07) is 9.94. The molecule has 0 saturated heterocycles. The number of benzene rings is 1. The van der Waals surface area contributed by atoms with Crippen LogP contribution in [-0.2, 0) is 0 Å². The van der Waals surface area contributed by atoms with Crippen molar-refractivity contribution in [3.8, 4) is 5.75 Å². The molecule has 0 aliphatic carbocycles. The summed E-state index contributed by atoms with van der Waals surface area (Å²) in [6.07, 6.45) is 0. The van der Waals surface area contributed by atoms with Crippen molar-refractivity contribution in [2.24, 2.45) is 0 Å². The van der Waals surface area contributed by atoms with E-state index >= 15 is 0 Å². The molecule has 0 aromatic heterocycles. The van der Waals surface area contributed by atoms with Gasteiger partial charge in [0, 0.05) is 0 Å². The van der Waals surface area contributed by atoms with Gasteiger partial charge in [-0.25, -0.2) is 0 Å². The maximum Gasteiger partial charge on any atom is 0.245 e. The standard InChI is InChI=1S/C9H13BIOP/c1-8(10(11)13)7-12-9-5-3-2-4-6-9/h2-6,8H,7,13H2,1H3. The zero-order chi connectivity index (χ0) is 9.68. The average Bonchev–Trinajstić information content (AvgIpc) is 2.15. The molecule has 0 radical (unpaired) electrons. The van der Waals surface area contributed by atoms with E-state index in [-0.39, 0.29) is 0 Å². The molecule has 13 heavy (non-hydrogen) atoms. The number of rotatable bonds is 4. The third-order valence-electron chi connectivity index (χ3n) is 1.80. The summed E-state index contributed by atoms with van der Waals surface area (Å²) < 4.78 is 6.18. The number of hydrogen-bond acceptors (Lipinski definition) is 1. The number of hydrogen-bond donors (Lipinski definition) is 0. The highest BCUT2D eigenvalue weighted by atomic mass is 127. The molecule has 2 atom stereocenters. The van der Waals surface area contributed by atoms with Gasteiger partial charge in [-0.2, -0.15) is 9.12 Å². The van der Waals surface area contributed by atoms with E-state index in [0.717, 1.165) is 12.4 Å². The molecule has 0 fully saturated rings. The molecule has 70 valence electrons. The van der Waals surface area contributed by atoms with Gasteiger partial charge in [0.25, 0.3) is 0 Å². The van der Waals surface area contributed by atoms with Crippen LogP contribution in [0.15, 0.2) is 30.3 Å². The van der Waals surface area contributed by atoms with Crippen molar-refractivity contribution < 1.29 is 4.74 Å². The molecule has 1 aromatic carbocycles. The highest BCUT2D eigenvalue weighted by Crippen LogP contribution is 2.21. The first-order chi connectivity index (χ1) is 6.20. The van der Waals surface area contributed by atoms with Crippen LogP contribution in [0, 0.1) is 0 Å². The van der Waals surface area contributed by atoms with E-state index in [9.17, 15) is 0 Å². The first-order valence-electron chi connectivity index (χ1n) is 4.27. The molecule has 1 aromatic rings. The highest BCUT2D eigenvalue weighted by molar-refractivity contribution is 14.1. The number of ether oxygens (including phenoxy) is 1. The largest absolute Gasteiger partial charge is 0.494 e. The van der Waals surface area contributed by atoms with E-state index in [1.807, 2.05) is 30.3 Å². The summed E-state index contributed by atoms with van der Waals surface area (Å²) in [6.45, 7) is 2.97. The summed E-state index contributed by atoms with van der Waals surface area (Å²) in [7, 11) is 2.79. The van der Waals surface area contributed by atoms with Gasteiger partial charge in [0.1, 0.15) is 5.75 Å². The Balaban J connectivity index is 2.35. The normalized spacial score (nSPS) is 12.2. The van der Waals surface area contributed by atoms with Crippen LogP contribution in [0.3, 0.4) is 0 Å². The van der Waals surface area contributed by atoms with Gasteiger partial charge >= 0.3 is 0 Å². The minimum Gasteiger partial charge on any atom is -0.494 e. The molecule has 1 rings (SSSR count). The first kappa shape index (κ1) is 11.3. The second-order valence-electron chi connectivity index (χ2n) is 3.05. The minimum atomic E-state index is 0.561. The summed E-state index contributed by atoms with van der Waals surface area (Å²) in [5.41, 5.74) is 0. The fourth-order valence-electron chi connectivity index (χ4n) is 0.836. The Hall–Kier alpha value is 0.245. The molecular weight excluding hydrogens is 293 g/mol. The molecule has 0 aliphatic rings. The van der Waals surface area contributed by atoms with Crippen molar-refractivity contribution in [2.75, 3.05) is 6.61 Å². The van der Waals surface area contributed by atoms with Crippen LogP contribution in [0.2, 0.25) is 5.82 Å². The quantitative estimate of drug-likeness (QED) is 0.471. The third kappa shape index (κ3) is 4.32. The van der Waals surface area contributed by atoms with Crippen LogP contribution in [0.25, 0.3) is 0 Å². The summed E-state index contributed by atoms with van der Waals surface area (Å²) in [5, 5.41) is 0. The number of para-hydroxylation sites is 1. The first-order valence-corrected chi connectivity index (χ1v) is 6.19. The van der Waals surface area contributed by atoms with Gasteiger partial charge in [-0.1, -0.05) is 25.1 Å². The molecule has 0 amide bonds. The maximum absolute atomic E-state index is 5.61. The smallest absolute Gasteiger partial charge is 0.245 e. The fraction of sp³-hybridized carbons (Fsp3) is 0.333. The van der Waals surface area contributed by atoms with Crippen LogP contribution in [0.1, 0.15) is 6.92 Å². The molecule has 0 bridgehead atoms. The molecule has 4 heteroatoms. The lowest BCUT2D eigenvalue weighted by Crippen LogP contribution is -2.11. The summed E-state index contributed by atoms with van der Waals surface area (Å²) >= 11 is 2.39. The van der Waals surface area contributed by atoms with Gasteiger partial charge in [-0.3, -0.25) is 0 Å². The monoisotopic (exact) mass is 306 g/mol. The summed E-state index contributed by atoms with van der Waals surface area (Å²) in [4.78, 5) is 0. The molecule has 0 N–H and O–H groups in total. The molecule has 0 saturated carbocycles. The molecule has 0 spiro atoms. The highest BCUT2D eigenvalue weighted by Gasteiger charge is 2.13. The minimum absolute atomic E-state index is 0.561. The Morgan fingerprint density at radius 3 is 2.62 bits per heavy atom. The van der Waals surface area contributed by atoms with Crippen LogP contribution >= 0.6 is 31.5 Å². The molecule has 1 nitrogen and oxygen atoms in total. The van der Waals surface area contributed by atoms with E-state index in [1.54, 1.807) is 0 Å². The topological polar surface area (TPSA) is 9.23 Å². The fourth-order valence-corrected chi connectivity index (χ4v) is 1.16. The SMILES string of the molecule is CC(COc1ccccc1)B(P)I. The van der Waals surface area contributed by atoms with Crippen molar-refractivity contribution in [3.63, 3.8) is 0 Å². The van der Waals surface area contributed by atoms with E-state index in [0.29, 0.717) is 10.1 Å². The lowest BCUT2D eigenvalue weighted by Gasteiger charge is -2.12. The zero-order valence-electron chi connectivity index (χ0n) is 7.61. The third-order valence-corrected chi connectivity index (χ3v) is 3.68. The van der Waals surface area contributed by atoms with E-state index in [4.69, 9.17) is 4.74 Å². The molecule has 0 heterocycles. The Labute approximate surface area is 95.7 Å². The Bertz CT molecular complexity index is 243. The van der Waals surface area contributed by atoms with Gasteiger partial charge in [0.05, 0.1) is 6.61 Å². The maximum atomic E-state index is 5.61. The average molecular weight is 306 g/mol. The Morgan fingerprint density at radius 1 is 1.46 bits per heavy atom. The van der Waals surface area contributed by atoms with Crippen molar-refractivity contribution in [3.05, 3.63) is 30.3 Å². The molecular formula is C9H13BIOP. The second-order valence-corrected chi connectivity index (χ2v) is 6.56. The van der Waals surface area contributed by atoms with Gasteiger partial charge in [-0.05, 0) is 17.9 Å². The lowest BCUT2D eigenvalue weighted by molar-refractivity contribution is 0.317. The summed E-state index contributed by atoms with van der Waals surface area (Å²) in [5.74, 6) is 1.52.